The predicted molar refractivity (Wildman–Crippen MR) is 181 cm³/mol. The van der Waals surface area contributed by atoms with Gasteiger partial charge in [-0.1, -0.05) is 56.0 Å². The maximum absolute atomic E-state index is 13.8. The van der Waals surface area contributed by atoms with E-state index >= 15 is 0 Å². The van der Waals surface area contributed by atoms with Crippen LogP contribution in [0.2, 0.25) is 0 Å². The van der Waals surface area contributed by atoms with Gasteiger partial charge in [0.2, 0.25) is 10.0 Å². The van der Waals surface area contributed by atoms with Gasteiger partial charge in [-0.25, -0.2) is 13.2 Å². The van der Waals surface area contributed by atoms with Gasteiger partial charge in [0.15, 0.2) is 5.78 Å². The van der Waals surface area contributed by atoms with Gasteiger partial charge in [-0.2, -0.15) is 0 Å². The molecule has 3 aliphatic carbocycles. The maximum atomic E-state index is 13.8. The summed E-state index contributed by atoms with van der Waals surface area (Å²) in [5.41, 5.74) is -1.11. The van der Waals surface area contributed by atoms with E-state index in [0.717, 1.165) is 17.4 Å². The molecule has 50 heavy (non-hydrogen) atoms. The second-order valence-electron chi connectivity index (χ2n) is 14.2. The number of sulfonamides is 1. The van der Waals surface area contributed by atoms with Crippen LogP contribution in [0.4, 0.5) is 10.5 Å². The highest BCUT2D eigenvalue weighted by Gasteiger charge is 2.79. The lowest BCUT2D eigenvalue weighted by atomic mass is 9.55. The summed E-state index contributed by atoms with van der Waals surface area (Å²) >= 11 is 0. The van der Waals surface area contributed by atoms with E-state index in [1.807, 2.05) is 49.4 Å². The Bertz CT molecular complexity index is 1940. The molecular weight excluding hydrogens is 666 g/mol. The Hall–Kier alpha value is -4.01. The van der Waals surface area contributed by atoms with Gasteiger partial charge < -0.3 is 33.5 Å². The number of methoxy groups -OCH3 is 1. The number of rotatable bonds is 9. The van der Waals surface area contributed by atoms with Crippen LogP contribution in [0.15, 0.2) is 84.0 Å². The number of benzene rings is 2. The second kappa shape index (κ2) is 11.8. The summed E-state index contributed by atoms with van der Waals surface area (Å²) in [6.07, 6.45) is 3.78. The predicted octanol–water partition coefficient (Wildman–Crippen LogP) is 4.84. The minimum atomic E-state index is -3.58. The Kier molecular flexibility index (Phi) is 8.11. The summed E-state index contributed by atoms with van der Waals surface area (Å²) in [5.74, 6) is -3.21. The molecule has 2 aromatic rings. The third-order valence-electron chi connectivity index (χ3n) is 10.8. The molecule has 0 spiro atoms. The molecule has 7 rings (SSSR count). The number of ketones is 1. The standard InChI is InChI=1S/C37H41NO11S/c1-21(2)35-17-23(4)37-27(32(35)47-36(48-35,49-37)19-24-10-8-7-9-11-24)15-25(18-34(41)30(37)14-22(3)31(34)39)20-45-33(40)46-26-12-13-28(29(16-26)44-5)38-50(6,42)43/h7-16,23,27,30,32,38,41H,1,17-20H2,2-6H3/t23-,27+,30-,32?,34-,35-,36?,37?/m1/s1. The Labute approximate surface area is 291 Å². The van der Waals surface area contributed by atoms with Crippen molar-refractivity contribution in [3.8, 4) is 11.5 Å². The fourth-order valence-corrected chi connectivity index (χ4v) is 9.35. The first kappa shape index (κ1) is 34.4. The van der Waals surface area contributed by atoms with E-state index < -0.39 is 62.7 Å². The van der Waals surface area contributed by atoms with Crippen LogP contribution in [-0.2, 0) is 40.2 Å². The Balaban J connectivity index is 1.22. The van der Waals surface area contributed by atoms with Gasteiger partial charge in [-0.3, -0.25) is 9.52 Å². The SMILES string of the molecule is C=C(C)[C@]12C[C@@H](C)C34OC(Cc5ccccc5)(OC1[C@@H]3C=C(COC(=O)Oc1ccc(NS(C)(=O)=O)c(OC)c1)C[C@]1(O)C(=O)C(C)=C[C@@H]41)O2. The van der Waals surface area contributed by atoms with Gasteiger partial charge >= 0.3 is 6.16 Å². The third kappa shape index (κ3) is 5.37. The van der Waals surface area contributed by atoms with Crippen LogP contribution in [0.3, 0.4) is 0 Å². The molecule has 2 aliphatic heterocycles. The lowest BCUT2D eigenvalue weighted by Crippen LogP contribution is -2.70. The first-order valence-corrected chi connectivity index (χ1v) is 18.4. The van der Waals surface area contributed by atoms with Crippen molar-refractivity contribution in [3.05, 3.63) is 89.5 Å². The second-order valence-corrected chi connectivity index (χ2v) is 16.0. The third-order valence-corrected chi connectivity index (χ3v) is 11.4. The summed E-state index contributed by atoms with van der Waals surface area (Å²) in [4.78, 5) is 26.8. The highest BCUT2D eigenvalue weighted by atomic mass is 32.2. The monoisotopic (exact) mass is 707 g/mol. The average Bonchev–Trinajstić information content (AvgIpc) is 3.35. The number of ether oxygens (including phenoxy) is 6. The molecule has 2 aromatic carbocycles. The zero-order valence-electron chi connectivity index (χ0n) is 28.6. The lowest BCUT2D eigenvalue weighted by molar-refractivity contribution is -0.421. The van der Waals surface area contributed by atoms with Crippen molar-refractivity contribution in [2.45, 2.75) is 68.9 Å². The van der Waals surface area contributed by atoms with Crippen LogP contribution in [0, 0.1) is 17.8 Å². The van der Waals surface area contributed by atoms with Gasteiger partial charge in [0.25, 0.3) is 5.97 Å². The Morgan fingerprint density at radius 2 is 1.88 bits per heavy atom. The summed E-state index contributed by atoms with van der Waals surface area (Å²) in [6, 6.07) is 13.9. The van der Waals surface area contributed by atoms with E-state index in [9.17, 15) is 23.1 Å². The quantitative estimate of drug-likeness (QED) is 0.209. The van der Waals surface area contributed by atoms with E-state index in [1.54, 1.807) is 6.92 Å². The topological polar surface area (TPSA) is 156 Å². The van der Waals surface area contributed by atoms with E-state index in [0.29, 0.717) is 17.6 Å². The molecule has 5 aliphatic rings. The van der Waals surface area contributed by atoms with Crippen molar-refractivity contribution >= 4 is 27.6 Å². The molecule has 2 saturated heterocycles. The first-order chi connectivity index (χ1) is 23.5. The van der Waals surface area contributed by atoms with E-state index in [2.05, 4.69) is 18.2 Å². The highest BCUT2D eigenvalue weighted by Crippen LogP contribution is 2.68. The average molecular weight is 708 g/mol. The molecule has 0 amide bonds. The molecule has 3 unspecified atom stereocenters. The number of carbonyl (C=O) groups is 2. The normalized spacial score (nSPS) is 35.3. The van der Waals surface area contributed by atoms with Gasteiger partial charge in [-0.15, -0.1) is 0 Å². The fraction of sp³-hybridized carbons (Fsp3) is 0.459. The van der Waals surface area contributed by atoms with Gasteiger partial charge in [0, 0.05) is 24.3 Å². The number of fused-ring (bicyclic) bond motifs is 2. The molecule has 0 radical (unpaired) electrons. The van der Waals surface area contributed by atoms with Crippen LogP contribution >= 0.6 is 0 Å². The summed E-state index contributed by atoms with van der Waals surface area (Å²) in [6.45, 7) is 9.69. The van der Waals surface area contributed by atoms with Crippen molar-refractivity contribution in [1.82, 2.24) is 0 Å². The molecule has 8 atom stereocenters. The lowest BCUT2D eigenvalue weighted by Gasteiger charge is -2.59. The Morgan fingerprint density at radius 1 is 1.14 bits per heavy atom. The number of Topliss-reactive ketones (excluding diaryl/α,β-unsaturated/α-hetero) is 1. The zero-order chi connectivity index (χ0) is 35.9. The van der Waals surface area contributed by atoms with Gasteiger partial charge in [-0.05, 0) is 60.6 Å². The van der Waals surface area contributed by atoms with Crippen molar-refractivity contribution < 1.29 is 51.5 Å². The fourth-order valence-electron chi connectivity index (χ4n) is 8.79. The van der Waals surface area contributed by atoms with Gasteiger partial charge in [0.05, 0.1) is 31.1 Å². The molecule has 3 fully saturated rings. The molecule has 13 heteroatoms. The number of aliphatic hydroxyl groups is 1. The van der Waals surface area contributed by atoms with Crippen LogP contribution in [0.25, 0.3) is 0 Å². The largest absolute Gasteiger partial charge is 0.514 e. The minimum absolute atomic E-state index is 0.0469. The first-order valence-electron chi connectivity index (χ1n) is 16.5. The molecule has 3 bridgehead atoms. The summed E-state index contributed by atoms with van der Waals surface area (Å²) < 4.78 is 62.8. The van der Waals surface area contributed by atoms with Crippen LogP contribution < -0.4 is 14.2 Å². The molecule has 1 saturated carbocycles. The molecule has 2 heterocycles. The summed E-state index contributed by atoms with van der Waals surface area (Å²) in [5, 5.41) is 12.4. The number of carbonyl (C=O) groups excluding carboxylic acids is 2. The zero-order valence-corrected chi connectivity index (χ0v) is 29.4. The number of nitrogens with one attached hydrogen (secondary N) is 1. The smallest absolute Gasteiger partial charge is 0.494 e. The maximum Gasteiger partial charge on any atom is 0.514 e. The Morgan fingerprint density at radius 3 is 2.56 bits per heavy atom. The van der Waals surface area contributed by atoms with E-state index in [-0.39, 0.29) is 42.6 Å². The van der Waals surface area contributed by atoms with E-state index in [1.165, 1.54) is 25.3 Å². The molecule has 12 nitrogen and oxygen atoms in total. The molecule has 2 N–H and O–H groups in total. The van der Waals surface area contributed by atoms with Gasteiger partial charge in [0.1, 0.15) is 35.4 Å². The van der Waals surface area contributed by atoms with Crippen molar-refractivity contribution in [2.75, 3.05) is 24.7 Å². The minimum Gasteiger partial charge on any atom is -0.494 e. The van der Waals surface area contributed by atoms with Crippen LogP contribution in [0.1, 0.15) is 39.2 Å². The number of anilines is 1. The highest BCUT2D eigenvalue weighted by molar-refractivity contribution is 7.92. The van der Waals surface area contributed by atoms with Crippen LogP contribution in [0.5, 0.6) is 11.5 Å². The number of hydrogen-bond donors (Lipinski definition) is 2. The number of hydrogen-bond acceptors (Lipinski definition) is 11. The molecule has 0 aromatic heterocycles. The van der Waals surface area contributed by atoms with Crippen LogP contribution in [-0.4, -0.2) is 74.3 Å². The molecule has 266 valence electrons. The summed E-state index contributed by atoms with van der Waals surface area (Å²) in [7, 11) is -2.23. The van der Waals surface area contributed by atoms with Crippen molar-refractivity contribution in [1.29, 1.82) is 0 Å². The molecular formula is C37H41NO11S. The van der Waals surface area contributed by atoms with Crippen molar-refractivity contribution in [3.63, 3.8) is 0 Å². The van der Waals surface area contributed by atoms with E-state index in [4.69, 9.17) is 28.4 Å². The van der Waals surface area contributed by atoms with Crippen molar-refractivity contribution in [2.24, 2.45) is 17.8 Å².